The highest BCUT2D eigenvalue weighted by Gasteiger charge is 2.43. The Labute approximate surface area is 160 Å². The first-order chi connectivity index (χ1) is 13.5. The number of fused-ring (bicyclic) bond motifs is 3. The maximum atomic E-state index is 14.8. The monoisotopic (exact) mass is 383 g/mol. The molecule has 0 aromatic carbocycles. The topological polar surface area (TPSA) is 91.2 Å². The summed E-state index contributed by atoms with van der Waals surface area (Å²) in [5.41, 5.74) is 1.83. The van der Waals surface area contributed by atoms with E-state index in [2.05, 4.69) is 25.4 Å². The molecule has 5 rings (SSSR count). The molecule has 2 saturated heterocycles. The number of hydrogen-bond acceptors (Lipinski definition) is 6. The summed E-state index contributed by atoms with van der Waals surface area (Å²) in [6.45, 7) is 1.87. The minimum Gasteiger partial charge on any atom is -0.352 e. The summed E-state index contributed by atoms with van der Waals surface area (Å²) >= 11 is 0. The van der Waals surface area contributed by atoms with E-state index >= 15 is 0 Å². The smallest absolute Gasteiger partial charge is 0.233 e. The second-order valence-electron chi connectivity index (χ2n) is 7.74. The van der Waals surface area contributed by atoms with Crippen LogP contribution in [0.4, 0.5) is 10.2 Å². The van der Waals surface area contributed by atoms with E-state index in [1.807, 2.05) is 18.9 Å². The molecular weight excluding hydrogens is 361 g/mol. The lowest BCUT2D eigenvalue weighted by Crippen LogP contribution is -2.55. The second kappa shape index (κ2) is 6.37. The van der Waals surface area contributed by atoms with Gasteiger partial charge in [0.05, 0.1) is 41.6 Å². The molecule has 0 amide bonds. The number of imidazole rings is 1. The van der Waals surface area contributed by atoms with Gasteiger partial charge in [0.1, 0.15) is 12.0 Å². The number of nitrogens with zero attached hydrogens (tertiary/aromatic N) is 5. The van der Waals surface area contributed by atoms with Crippen LogP contribution in [-0.2, 0) is 0 Å². The summed E-state index contributed by atoms with van der Waals surface area (Å²) in [4.78, 5) is 27.6. The van der Waals surface area contributed by atoms with Crippen molar-refractivity contribution in [3.05, 3.63) is 40.7 Å². The van der Waals surface area contributed by atoms with E-state index in [0.717, 1.165) is 25.0 Å². The number of nitrogens with one attached hydrogen (secondary N) is 2. The van der Waals surface area contributed by atoms with E-state index in [0.29, 0.717) is 28.8 Å². The summed E-state index contributed by atoms with van der Waals surface area (Å²) in [5, 5.41) is 6.38. The molecule has 2 aliphatic rings. The summed E-state index contributed by atoms with van der Waals surface area (Å²) < 4.78 is 16.4. The standard InChI is InChI=1S/C19H22FN7O/c1-10-6-23-19-18(28)12(7-24-27(10)19)14-8-22-16(9-21-14)26(2)15-5-11-3-4-13(25-11)17(15)20/h6-9,11,13,15,17,24-25H,3-5H2,1-2H3/t11?,13-,15+,17-/m0/s1. The van der Waals surface area contributed by atoms with Crippen molar-refractivity contribution >= 4 is 11.5 Å². The molecule has 1 unspecified atom stereocenters. The Morgan fingerprint density at radius 3 is 2.86 bits per heavy atom. The Morgan fingerprint density at radius 1 is 1.21 bits per heavy atom. The van der Waals surface area contributed by atoms with Gasteiger partial charge in [-0.05, 0) is 26.2 Å². The molecule has 146 valence electrons. The molecule has 2 N–H and O–H groups in total. The van der Waals surface area contributed by atoms with Crippen LogP contribution in [0.2, 0.25) is 0 Å². The highest BCUT2D eigenvalue weighted by atomic mass is 19.1. The average molecular weight is 383 g/mol. The van der Waals surface area contributed by atoms with Crippen LogP contribution in [0.15, 0.2) is 29.6 Å². The van der Waals surface area contributed by atoms with Crippen LogP contribution in [-0.4, -0.2) is 55.9 Å². The van der Waals surface area contributed by atoms with Gasteiger partial charge in [-0.2, -0.15) is 0 Å². The zero-order chi connectivity index (χ0) is 19.4. The molecular formula is C19H22FN7O. The quantitative estimate of drug-likeness (QED) is 0.712. The highest BCUT2D eigenvalue weighted by Crippen LogP contribution is 2.33. The van der Waals surface area contributed by atoms with Crippen LogP contribution in [0, 0.1) is 6.92 Å². The fourth-order valence-corrected chi connectivity index (χ4v) is 4.43. The Morgan fingerprint density at radius 2 is 2.07 bits per heavy atom. The van der Waals surface area contributed by atoms with Gasteiger partial charge in [-0.25, -0.2) is 18.9 Å². The number of aromatic amines is 1. The number of rotatable bonds is 3. The van der Waals surface area contributed by atoms with Crippen molar-refractivity contribution in [2.75, 3.05) is 11.9 Å². The molecule has 2 bridgehead atoms. The van der Waals surface area contributed by atoms with Crippen molar-refractivity contribution in [3.63, 3.8) is 0 Å². The zero-order valence-electron chi connectivity index (χ0n) is 15.8. The number of aromatic nitrogens is 5. The SMILES string of the molecule is Cc1cnc2c(=O)c(-c3cnc(N(C)[C@@H]4CC5CC[C@H](N5)[C@@H]4F)cn3)c[nH]n12. The molecule has 28 heavy (non-hydrogen) atoms. The second-order valence-corrected chi connectivity index (χ2v) is 7.74. The lowest BCUT2D eigenvalue weighted by Gasteiger charge is -2.38. The fourth-order valence-electron chi connectivity index (χ4n) is 4.43. The van der Waals surface area contributed by atoms with Gasteiger partial charge in [0, 0.05) is 25.3 Å². The van der Waals surface area contributed by atoms with Crippen molar-refractivity contribution in [2.24, 2.45) is 0 Å². The predicted octanol–water partition coefficient (Wildman–Crippen LogP) is 1.46. The van der Waals surface area contributed by atoms with Crippen molar-refractivity contribution in [3.8, 4) is 11.3 Å². The molecule has 0 radical (unpaired) electrons. The molecule has 2 aliphatic heterocycles. The zero-order valence-corrected chi connectivity index (χ0v) is 15.8. The van der Waals surface area contributed by atoms with E-state index in [4.69, 9.17) is 0 Å². The lowest BCUT2D eigenvalue weighted by molar-refractivity contribution is 0.176. The number of anilines is 1. The van der Waals surface area contributed by atoms with E-state index in [-0.39, 0.29) is 17.5 Å². The normalized spacial score (nSPS) is 26.7. The van der Waals surface area contributed by atoms with Crippen LogP contribution in [0.1, 0.15) is 25.0 Å². The van der Waals surface area contributed by atoms with Gasteiger partial charge in [0.25, 0.3) is 0 Å². The fraction of sp³-hybridized carbons (Fsp3) is 0.474. The van der Waals surface area contributed by atoms with Gasteiger partial charge in [-0.1, -0.05) is 0 Å². The Kier molecular flexibility index (Phi) is 3.94. The van der Waals surface area contributed by atoms with Crippen molar-refractivity contribution in [1.29, 1.82) is 0 Å². The molecule has 3 aromatic heterocycles. The van der Waals surface area contributed by atoms with Crippen LogP contribution < -0.4 is 15.6 Å². The van der Waals surface area contributed by atoms with Crippen molar-refractivity contribution in [1.82, 2.24) is 29.9 Å². The maximum absolute atomic E-state index is 14.8. The number of H-pyrrole nitrogens is 1. The van der Waals surface area contributed by atoms with E-state index in [9.17, 15) is 9.18 Å². The molecule has 0 spiro atoms. The van der Waals surface area contributed by atoms with E-state index < -0.39 is 6.17 Å². The summed E-state index contributed by atoms with van der Waals surface area (Å²) in [6.07, 6.45) is 8.15. The van der Waals surface area contributed by atoms with Gasteiger partial charge < -0.3 is 10.2 Å². The number of alkyl halides is 1. The van der Waals surface area contributed by atoms with Gasteiger partial charge in [0.2, 0.25) is 11.1 Å². The molecule has 0 saturated carbocycles. The highest BCUT2D eigenvalue weighted by molar-refractivity contribution is 5.62. The van der Waals surface area contributed by atoms with Gasteiger partial charge in [-0.3, -0.25) is 14.9 Å². The lowest BCUT2D eigenvalue weighted by atomic mass is 9.96. The number of piperidine rings is 1. The molecule has 0 aliphatic carbocycles. The number of hydrogen-bond donors (Lipinski definition) is 2. The van der Waals surface area contributed by atoms with Crippen LogP contribution in [0.25, 0.3) is 16.9 Å². The molecule has 9 heteroatoms. The maximum Gasteiger partial charge on any atom is 0.233 e. The average Bonchev–Trinajstić information content (AvgIpc) is 3.29. The Hall–Kier alpha value is -2.81. The summed E-state index contributed by atoms with van der Waals surface area (Å²) in [5.74, 6) is 0.604. The van der Waals surface area contributed by atoms with Crippen molar-refractivity contribution < 1.29 is 4.39 Å². The third-order valence-corrected chi connectivity index (χ3v) is 6.05. The third-order valence-electron chi connectivity index (χ3n) is 6.05. The van der Waals surface area contributed by atoms with Crippen molar-refractivity contribution in [2.45, 2.75) is 50.5 Å². The Balaban J connectivity index is 1.43. The molecule has 8 nitrogen and oxygen atoms in total. The Bertz CT molecular complexity index is 1080. The molecule has 5 heterocycles. The largest absolute Gasteiger partial charge is 0.352 e. The number of halogens is 1. The summed E-state index contributed by atoms with van der Waals surface area (Å²) in [6, 6.07) is 0.0910. The van der Waals surface area contributed by atoms with E-state index in [1.165, 1.54) is 0 Å². The predicted molar refractivity (Wildman–Crippen MR) is 103 cm³/mol. The van der Waals surface area contributed by atoms with Gasteiger partial charge in [-0.15, -0.1) is 0 Å². The molecule has 4 atom stereocenters. The van der Waals surface area contributed by atoms with Crippen LogP contribution in [0.5, 0.6) is 0 Å². The van der Waals surface area contributed by atoms with E-state index in [1.54, 1.807) is 29.3 Å². The summed E-state index contributed by atoms with van der Waals surface area (Å²) in [7, 11) is 1.86. The molecule has 3 aromatic rings. The first-order valence-corrected chi connectivity index (χ1v) is 9.54. The minimum absolute atomic E-state index is 0.0679. The van der Waals surface area contributed by atoms with Gasteiger partial charge in [0.15, 0.2) is 0 Å². The minimum atomic E-state index is -0.931. The third kappa shape index (κ3) is 2.61. The van der Waals surface area contributed by atoms with Crippen LogP contribution in [0.3, 0.4) is 0 Å². The molecule has 2 fully saturated rings. The van der Waals surface area contributed by atoms with Crippen LogP contribution >= 0.6 is 0 Å². The first-order valence-electron chi connectivity index (χ1n) is 9.54. The number of aryl methyl sites for hydroxylation is 1. The first kappa shape index (κ1) is 17.3. The van der Waals surface area contributed by atoms with Gasteiger partial charge >= 0.3 is 0 Å².